The Balaban J connectivity index is 2.91. The molecule has 7 heteroatoms. The predicted molar refractivity (Wildman–Crippen MR) is 68.8 cm³/mol. The van der Waals surface area contributed by atoms with Crippen LogP contribution < -0.4 is 5.32 Å². The van der Waals surface area contributed by atoms with Crippen LogP contribution in [0.15, 0.2) is 29.2 Å². The fourth-order valence-electron chi connectivity index (χ4n) is 1.39. The van der Waals surface area contributed by atoms with E-state index in [-0.39, 0.29) is 10.5 Å². The number of carbonyl (C=O) groups is 2. The molecule has 0 aliphatic rings. The first-order valence-electron chi connectivity index (χ1n) is 5.69. The van der Waals surface area contributed by atoms with Crippen LogP contribution in [-0.2, 0) is 14.6 Å². The zero-order chi connectivity index (χ0) is 14.5. The van der Waals surface area contributed by atoms with Crippen LogP contribution in [0.1, 0.15) is 23.7 Å². The van der Waals surface area contributed by atoms with E-state index in [1.165, 1.54) is 18.2 Å². The summed E-state index contributed by atoms with van der Waals surface area (Å²) in [7, 11) is -3.82. The zero-order valence-electron chi connectivity index (χ0n) is 10.4. The summed E-state index contributed by atoms with van der Waals surface area (Å²) in [5.74, 6) is -2.49. The summed E-state index contributed by atoms with van der Waals surface area (Å²) >= 11 is 0. The Morgan fingerprint density at radius 2 is 2.00 bits per heavy atom. The second-order valence-electron chi connectivity index (χ2n) is 3.94. The van der Waals surface area contributed by atoms with E-state index in [4.69, 9.17) is 5.11 Å². The molecule has 0 unspecified atom stereocenters. The third-order valence-electron chi connectivity index (χ3n) is 2.33. The fourth-order valence-corrected chi connectivity index (χ4v) is 2.60. The number of carbonyl (C=O) groups excluding carboxylic acids is 1. The summed E-state index contributed by atoms with van der Waals surface area (Å²) < 4.78 is 23.9. The Kier molecular flexibility index (Phi) is 5.05. The van der Waals surface area contributed by atoms with E-state index in [2.05, 4.69) is 5.32 Å². The molecule has 2 N–H and O–H groups in total. The van der Waals surface area contributed by atoms with Gasteiger partial charge in [-0.2, -0.15) is 0 Å². The number of aromatic carboxylic acids is 1. The molecular formula is C12H15NO5S. The number of carboxylic acids is 1. The van der Waals surface area contributed by atoms with E-state index >= 15 is 0 Å². The maximum Gasteiger partial charge on any atom is 0.335 e. The summed E-state index contributed by atoms with van der Waals surface area (Å²) in [5.41, 5.74) is -0.130. The van der Waals surface area contributed by atoms with E-state index in [9.17, 15) is 18.0 Å². The highest BCUT2D eigenvalue weighted by molar-refractivity contribution is 7.92. The Morgan fingerprint density at radius 1 is 1.32 bits per heavy atom. The molecule has 0 heterocycles. The molecule has 0 aromatic heterocycles. The number of amides is 1. The van der Waals surface area contributed by atoms with Crippen molar-refractivity contribution in [2.24, 2.45) is 0 Å². The lowest BCUT2D eigenvalue weighted by molar-refractivity contribution is -0.118. The molecule has 19 heavy (non-hydrogen) atoms. The van der Waals surface area contributed by atoms with Gasteiger partial charge in [0.15, 0.2) is 9.84 Å². The van der Waals surface area contributed by atoms with Crippen LogP contribution in [0.25, 0.3) is 0 Å². The monoisotopic (exact) mass is 285 g/mol. The Labute approximate surface area is 111 Å². The molecule has 0 spiro atoms. The number of benzene rings is 1. The Morgan fingerprint density at radius 3 is 2.58 bits per heavy atom. The number of hydrogen-bond donors (Lipinski definition) is 2. The van der Waals surface area contributed by atoms with Crippen LogP contribution in [0, 0.1) is 0 Å². The summed E-state index contributed by atoms with van der Waals surface area (Å²) in [6.07, 6.45) is 0.709. The molecule has 1 rings (SSSR count). The predicted octanol–water partition coefficient (Wildman–Crippen LogP) is 0.685. The van der Waals surface area contributed by atoms with Crippen LogP contribution in [0.2, 0.25) is 0 Å². The minimum atomic E-state index is -3.82. The summed E-state index contributed by atoms with van der Waals surface area (Å²) in [4.78, 5) is 22.0. The summed E-state index contributed by atoms with van der Waals surface area (Å²) in [6, 6.07) is 4.94. The molecule has 0 aliphatic heterocycles. The lowest BCUT2D eigenvalue weighted by Gasteiger charge is -2.06. The Hall–Kier alpha value is -1.89. The molecule has 0 bridgehead atoms. The number of carboxylic acid groups (broad SMARTS) is 1. The van der Waals surface area contributed by atoms with Crippen molar-refractivity contribution in [3.05, 3.63) is 29.8 Å². The van der Waals surface area contributed by atoms with Gasteiger partial charge < -0.3 is 10.4 Å². The molecule has 0 saturated heterocycles. The number of rotatable bonds is 6. The minimum Gasteiger partial charge on any atom is -0.478 e. The molecule has 1 aromatic carbocycles. The summed E-state index contributed by atoms with van der Waals surface area (Å²) in [5, 5.41) is 11.3. The first-order valence-corrected chi connectivity index (χ1v) is 7.35. The van der Waals surface area contributed by atoms with Crippen LogP contribution in [0.4, 0.5) is 0 Å². The highest BCUT2D eigenvalue weighted by Crippen LogP contribution is 2.13. The van der Waals surface area contributed by atoms with Gasteiger partial charge >= 0.3 is 5.97 Å². The van der Waals surface area contributed by atoms with Crippen LogP contribution in [-0.4, -0.2) is 37.7 Å². The molecule has 0 atom stereocenters. The minimum absolute atomic E-state index is 0.130. The quantitative estimate of drug-likeness (QED) is 0.800. The lowest BCUT2D eigenvalue weighted by Crippen LogP contribution is -2.30. The first-order chi connectivity index (χ1) is 8.86. The molecule has 0 radical (unpaired) electrons. The van der Waals surface area contributed by atoms with Gasteiger partial charge in [0.2, 0.25) is 5.91 Å². The molecular weight excluding hydrogens is 270 g/mol. The van der Waals surface area contributed by atoms with E-state index in [0.29, 0.717) is 13.0 Å². The highest BCUT2D eigenvalue weighted by Gasteiger charge is 2.20. The van der Waals surface area contributed by atoms with Gasteiger partial charge in [-0.15, -0.1) is 0 Å². The topological polar surface area (TPSA) is 101 Å². The number of hydrogen-bond acceptors (Lipinski definition) is 4. The molecule has 104 valence electrons. The van der Waals surface area contributed by atoms with Gasteiger partial charge in [0.05, 0.1) is 10.5 Å². The smallest absolute Gasteiger partial charge is 0.335 e. The average Bonchev–Trinajstić information content (AvgIpc) is 2.36. The Bertz CT molecular complexity index is 580. The van der Waals surface area contributed by atoms with Crippen molar-refractivity contribution in [2.75, 3.05) is 12.3 Å². The molecule has 1 amide bonds. The standard InChI is InChI=1S/C12H15NO5S/c1-2-6-13-11(14)8-19(17,18)10-5-3-4-9(7-10)12(15)16/h3-5,7H,2,6,8H2,1H3,(H,13,14)(H,15,16). The third kappa shape index (κ3) is 4.36. The van der Waals surface area contributed by atoms with Crippen molar-refractivity contribution in [2.45, 2.75) is 18.2 Å². The van der Waals surface area contributed by atoms with Gasteiger partial charge in [-0.05, 0) is 24.6 Å². The zero-order valence-corrected chi connectivity index (χ0v) is 11.2. The molecule has 0 fully saturated rings. The molecule has 1 aromatic rings. The molecule has 0 aliphatic carbocycles. The van der Waals surface area contributed by atoms with Crippen molar-refractivity contribution in [3.63, 3.8) is 0 Å². The van der Waals surface area contributed by atoms with Crippen molar-refractivity contribution < 1.29 is 23.1 Å². The van der Waals surface area contributed by atoms with Gasteiger partial charge in [-0.25, -0.2) is 13.2 Å². The van der Waals surface area contributed by atoms with Crippen molar-refractivity contribution in [1.82, 2.24) is 5.32 Å². The maximum absolute atomic E-state index is 11.9. The fraction of sp³-hybridized carbons (Fsp3) is 0.333. The third-order valence-corrected chi connectivity index (χ3v) is 3.95. The van der Waals surface area contributed by atoms with Gasteiger partial charge in [-0.1, -0.05) is 13.0 Å². The van der Waals surface area contributed by atoms with Crippen LogP contribution in [0.5, 0.6) is 0 Å². The van der Waals surface area contributed by atoms with E-state index < -0.39 is 27.5 Å². The second kappa shape index (κ2) is 6.33. The van der Waals surface area contributed by atoms with E-state index in [1.807, 2.05) is 6.92 Å². The van der Waals surface area contributed by atoms with Crippen molar-refractivity contribution in [1.29, 1.82) is 0 Å². The van der Waals surface area contributed by atoms with E-state index in [0.717, 1.165) is 6.07 Å². The molecule has 6 nitrogen and oxygen atoms in total. The van der Waals surface area contributed by atoms with Gasteiger partial charge in [0, 0.05) is 6.54 Å². The summed E-state index contributed by atoms with van der Waals surface area (Å²) in [6.45, 7) is 2.26. The van der Waals surface area contributed by atoms with Gasteiger partial charge in [0.1, 0.15) is 5.75 Å². The van der Waals surface area contributed by atoms with Crippen molar-refractivity contribution in [3.8, 4) is 0 Å². The van der Waals surface area contributed by atoms with Crippen LogP contribution >= 0.6 is 0 Å². The lowest BCUT2D eigenvalue weighted by atomic mass is 10.2. The highest BCUT2D eigenvalue weighted by atomic mass is 32.2. The van der Waals surface area contributed by atoms with Crippen LogP contribution in [0.3, 0.4) is 0 Å². The first kappa shape index (κ1) is 15.2. The number of sulfone groups is 1. The molecule has 0 saturated carbocycles. The average molecular weight is 285 g/mol. The SMILES string of the molecule is CCCNC(=O)CS(=O)(=O)c1cccc(C(=O)O)c1. The largest absolute Gasteiger partial charge is 0.478 e. The second-order valence-corrected chi connectivity index (χ2v) is 5.93. The van der Waals surface area contributed by atoms with E-state index in [1.54, 1.807) is 0 Å². The number of nitrogens with one attached hydrogen (secondary N) is 1. The normalized spacial score (nSPS) is 11.0. The van der Waals surface area contributed by atoms with Gasteiger partial charge in [-0.3, -0.25) is 4.79 Å². The maximum atomic E-state index is 11.9. The van der Waals surface area contributed by atoms with Gasteiger partial charge in [0.25, 0.3) is 0 Å². The van der Waals surface area contributed by atoms with Crippen molar-refractivity contribution >= 4 is 21.7 Å².